The number of aromatic nitrogens is 1. The van der Waals surface area contributed by atoms with Gasteiger partial charge in [-0.15, -0.1) is 11.3 Å². The van der Waals surface area contributed by atoms with E-state index in [1.54, 1.807) is 29.7 Å². The molecular formula is C18H13BrFN3S2. The molecule has 2 unspecified atom stereocenters. The molecule has 25 heavy (non-hydrogen) atoms. The molecule has 0 bridgehead atoms. The molecule has 1 fully saturated rings. The molecule has 3 nitrogen and oxygen atoms in total. The van der Waals surface area contributed by atoms with E-state index in [4.69, 9.17) is 12.2 Å². The monoisotopic (exact) mass is 433 g/mol. The van der Waals surface area contributed by atoms with E-state index in [-0.39, 0.29) is 17.9 Å². The van der Waals surface area contributed by atoms with E-state index in [2.05, 4.69) is 32.3 Å². The second-order valence-corrected chi connectivity index (χ2v) is 8.50. The number of benzene rings is 1. The number of pyridine rings is 1. The van der Waals surface area contributed by atoms with Crippen LogP contribution in [0.4, 0.5) is 10.1 Å². The average molecular weight is 434 g/mol. The lowest BCUT2D eigenvalue weighted by Gasteiger charge is -2.26. The minimum absolute atomic E-state index is 0.0517. The molecule has 0 amide bonds. The molecular weight excluding hydrogens is 421 g/mol. The largest absolute Gasteiger partial charge is 0.351 e. The van der Waals surface area contributed by atoms with Gasteiger partial charge in [0.2, 0.25) is 0 Å². The number of rotatable bonds is 3. The summed E-state index contributed by atoms with van der Waals surface area (Å²) in [5.41, 5.74) is 1.77. The Morgan fingerprint density at radius 3 is 2.56 bits per heavy atom. The number of hydrogen-bond acceptors (Lipinski definition) is 3. The van der Waals surface area contributed by atoms with Crippen molar-refractivity contribution in [1.82, 2.24) is 10.3 Å². The van der Waals surface area contributed by atoms with Gasteiger partial charge in [0.15, 0.2) is 5.11 Å². The Balaban J connectivity index is 1.81. The molecule has 3 heterocycles. The average Bonchev–Trinajstić information content (AvgIpc) is 3.20. The lowest BCUT2D eigenvalue weighted by atomic mass is 10.0. The Morgan fingerprint density at radius 2 is 1.92 bits per heavy atom. The predicted molar refractivity (Wildman–Crippen MR) is 106 cm³/mol. The molecule has 2 atom stereocenters. The molecule has 3 aromatic rings. The highest BCUT2D eigenvalue weighted by Gasteiger charge is 2.41. The molecule has 1 N–H and O–H groups in total. The van der Waals surface area contributed by atoms with Crippen molar-refractivity contribution < 1.29 is 4.39 Å². The van der Waals surface area contributed by atoms with Crippen LogP contribution < -0.4 is 10.2 Å². The van der Waals surface area contributed by atoms with E-state index in [0.29, 0.717) is 5.11 Å². The van der Waals surface area contributed by atoms with Crippen molar-refractivity contribution in [2.45, 2.75) is 12.1 Å². The molecule has 0 aliphatic carbocycles. The van der Waals surface area contributed by atoms with E-state index in [1.807, 2.05) is 29.2 Å². The molecule has 0 saturated carbocycles. The molecule has 0 radical (unpaired) electrons. The van der Waals surface area contributed by atoms with Crippen LogP contribution in [0.5, 0.6) is 0 Å². The lowest BCUT2D eigenvalue weighted by Crippen LogP contribution is -2.29. The highest BCUT2D eigenvalue weighted by Crippen LogP contribution is 2.44. The van der Waals surface area contributed by atoms with Crippen LogP contribution in [0.2, 0.25) is 0 Å². The fourth-order valence-electron chi connectivity index (χ4n) is 3.01. The van der Waals surface area contributed by atoms with E-state index < -0.39 is 0 Å². The smallest absolute Gasteiger partial charge is 0.174 e. The SMILES string of the molecule is Fc1ccc(N2C(=S)NC(c3ccccn3)C2c2ccc(Br)s2)cc1. The molecule has 126 valence electrons. The molecule has 4 rings (SSSR count). The first kappa shape index (κ1) is 16.6. The standard InChI is InChI=1S/C18H13BrFN3S2/c19-15-9-8-14(25-15)17-16(13-3-1-2-10-21-13)22-18(24)23(17)12-6-4-11(20)5-7-12/h1-10,16-17H,(H,22,24). The zero-order valence-electron chi connectivity index (χ0n) is 12.9. The van der Waals surface area contributed by atoms with Crippen LogP contribution in [0, 0.1) is 5.82 Å². The first-order chi connectivity index (χ1) is 12.1. The molecule has 1 aliphatic heterocycles. The van der Waals surface area contributed by atoms with Crippen LogP contribution in [0.15, 0.2) is 64.6 Å². The van der Waals surface area contributed by atoms with Crippen LogP contribution in [0.1, 0.15) is 22.7 Å². The number of hydrogen-bond donors (Lipinski definition) is 1. The highest BCUT2D eigenvalue weighted by atomic mass is 79.9. The number of nitrogens with one attached hydrogen (secondary N) is 1. The van der Waals surface area contributed by atoms with Gasteiger partial charge in [0, 0.05) is 16.8 Å². The Hall–Kier alpha value is -1.83. The van der Waals surface area contributed by atoms with Gasteiger partial charge in [-0.25, -0.2) is 4.39 Å². The molecule has 1 aromatic carbocycles. The van der Waals surface area contributed by atoms with Crippen LogP contribution in [-0.2, 0) is 0 Å². The van der Waals surface area contributed by atoms with E-state index in [0.717, 1.165) is 20.0 Å². The summed E-state index contributed by atoms with van der Waals surface area (Å²) in [5.74, 6) is -0.265. The Labute approximate surface area is 162 Å². The van der Waals surface area contributed by atoms with Crippen molar-refractivity contribution in [3.8, 4) is 0 Å². The first-order valence-electron chi connectivity index (χ1n) is 7.65. The van der Waals surface area contributed by atoms with Crippen molar-refractivity contribution in [3.63, 3.8) is 0 Å². The summed E-state index contributed by atoms with van der Waals surface area (Å²) in [6.45, 7) is 0. The summed E-state index contributed by atoms with van der Waals surface area (Å²) >= 11 is 10.8. The van der Waals surface area contributed by atoms with Crippen LogP contribution in [0.25, 0.3) is 0 Å². The summed E-state index contributed by atoms with van der Waals surface area (Å²) in [7, 11) is 0. The van der Waals surface area contributed by atoms with Crippen molar-refractivity contribution in [2.75, 3.05) is 4.90 Å². The minimum Gasteiger partial charge on any atom is -0.351 e. The zero-order valence-corrected chi connectivity index (χ0v) is 16.1. The van der Waals surface area contributed by atoms with Crippen molar-refractivity contribution in [1.29, 1.82) is 0 Å². The lowest BCUT2D eigenvalue weighted by molar-refractivity contribution is 0.575. The summed E-state index contributed by atoms with van der Waals surface area (Å²) in [6, 6.07) is 16.2. The van der Waals surface area contributed by atoms with Crippen molar-refractivity contribution >= 4 is 50.3 Å². The Morgan fingerprint density at radius 1 is 1.12 bits per heavy atom. The second kappa shape index (κ2) is 6.82. The van der Waals surface area contributed by atoms with Gasteiger partial charge in [-0.05, 0) is 76.7 Å². The third kappa shape index (κ3) is 3.19. The molecule has 2 aromatic heterocycles. The van der Waals surface area contributed by atoms with Gasteiger partial charge >= 0.3 is 0 Å². The van der Waals surface area contributed by atoms with Crippen molar-refractivity contribution in [3.05, 3.63) is 81.0 Å². The summed E-state index contributed by atoms with van der Waals surface area (Å²) < 4.78 is 14.4. The number of thiocarbonyl (C=S) groups is 1. The second-order valence-electron chi connectivity index (χ2n) is 5.61. The third-order valence-corrected chi connectivity index (χ3v) is 6.10. The fourth-order valence-corrected chi connectivity index (χ4v) is 4.91. The van der Waals surface area contributed by atoms with Crippen molar-refractivity contribution in [2.24, 2.45) is 0 Å². The van der Waals surface area contributed by atoms with Crippen LogP contribution >= 0.6 is 39.5 Å². The van der Waals surface area contributed by atoms with Gasteiger partial charge in [-0.2, -0.15) is 0 Å². The maximum Gasteiger partial charge on any atom is 0.174 e. The van der Waals surface area contributed by atoms with Gasteiger partial charge in [0.1, 0.15) is 5.82 Å². The quantitative estimate of drug-likeness (QED) is 0.572. The number of halogens is 2. The summed E-state index contributed by atoms with van der Waals surface area (Å²) in [5, 5.41) is 3.99. The Kier molecular flexibility index (Phi) is 4.54. The topological polar surface area (TPSA) is 28.2 Å². The zero-order chi connectivity index (χ0) is 17.4. The summed E-state index contributed by atoms with van der Waals surface area (Å²) in [4.78, 5) is 7.69. The molecule has 1 aliphatic rings. The van der Waals surface area contributed by atoms with E-state index in [9.17, 15) is 4.39 Å². The minimum atomic E-state index is -0.265. The maximum atomic E-state index is 13.4. The fraction of sp³-hybridized carbons (Fsp3) is 0.111. The number of thiophene rings is 1. The Bertz CT molecular complexity index is 898. The molecule has 7 heteroatoms. The third-order valence-electron chi connectivity index (χ3n) is 4.09. The van der Waals surface area contributed by atoms with Gasteiger partial charge < -0.3 is 10.2 Å². The number of nitrogens with zero attached hydrogens (tertiary/aromatic N) is 2. The van der Waals surface area contributed by atoms with Gasteiger partial charge in [-0.1, -0.05) is 6.07 Å². The summed E-state index contributed by atoms with van der Waals surface area (Å²) in [6.07, 6.45) is 1.78. The highest BCUT2D eigenvalue weighted by molar-refractivity contribution is 9.11. The normalized spacial score (nSPS) is 19.9. The number of anilines is 1. The van der Waals surface area contributed by atoms with Gasteiger partial charge in [0.05, 0.1) is 21.6 Å². The van der Waals surface area contributed by atoms with E-state index in [1.165, 1.54) is 12.1 Å². The molecule has 1 saturated heterocycles. The maximum absolute atomic E-state index is 13.4. The van der Waals surface area contributed by atoms with Crippen LogP contribution in [-0.4, -0.2) is 10.1 Å². The van der Waals surface area contributed by atoms with Gasteiger partial charge in [-0.3, -0.25) is 4.98 Å². The predicted octanol–water partition coefficient (Wildman–Crippen LogP) is 5.22. The first-order valence-corrected chi connectivity index (χ1v) is 9.67. The molecule has 0 spiro atoms. The van der Waals surface area contributed by atoms with E-state index >= 15 is 0 Å². The van der Waals surface area contributed by atoms with Crippen LogP contribution in [0.3, 0.4) is 0 Å². The van der Waals surface area contributed by atoms with Gasteiger partial charge in [0.25, 0.3) is 0 Å².